The maximum atomic E-state index is 10.7. The fourth-order valence-corrected chi connectivity index (χ4v) is 3.24. The van der Waals surface area contributed by atoms with Crippen LogP contribution in [0.5, 0.6) is 11.5 Å². The van der Waals surface area contributed by atoms with E-state index in [1.54, 1.807) is 14.2 Å². The lowest BCUT2D eigenvalue weighted by Crippen LogP contribution is -2.30. The number of ether oxygens (including phenoxy) is 2. The molecule has 5 heteroatoms. The minimum absolute atomic E-state index is 0. The third kappa shape index (κ3) is 3.83. The van der Waals surface area contributed by atoms with Gasteiger partial charge in [0.2, 0.25) is 0 Å². The van der Waals surface area contributed by atoms with Crippen molar-refractivity contribution in [2.75, 3.05) is 14.2 Å². The summed E-state index contributed by atoms with van der Waals surface area (Å²) in [5.41, 5.74) is 2.11. The molecule has 1 heterocycles. The van der Waals surface area contributed by atoms with Crippen molar-refractivity contribution in [3.05, 3.63) is 59.7 Å². The molecule has 3 unspecified atom stereocenters. The number of nitrogens with one attached hydrogen (secondary N) is 1. The van der Waals surface area contributed by atoms with Crippen LogP contribution in [0.1, 0.15) is 36.1 Å². The van der Waals surface area contributed by atoms with E-state index in [2.05, 4.69) is 29.6 Å². The molecule has 1 saturated heterocycles. The van der Waals surface area contributed by atoms with Crippen molar-refractivity contribution in [3.8, 4) is 11.5 Å². The summed E-state index contributed by atoms with van der Waals surface area (Å²) < 4.78 is 10.6. The number of rotatable bonds is 5. The third-order valence-corrected chi connectivity index (χ3v) is 4.51. The normalized spacial score (nSPS) is 21.0. The smallest absolute Gasteiger partial charge is 0.161 e. The summed E-state index contributed by atoms with van der Waals surface area (Å²) in [7, 11) is 3.21. The molecular formula is C19H24ClNO3. The number of aliphatic hydroxyl groups is 1. The van der Waals surface area contributed by atoms with E-state index in [0.717, 1.165) is 18.4 Å². The highest BCUT2D eigenvalue weighted by Crippen LogP contribution is 2.35. The van der Waals surface area contributed by atoms with Crippen LogP contribution in [-0.4, -0.2) is 25.4 Å². The van der Waals surface area contributed by atoms with Crippen molar-refractivity contribution >= 4 is 12.4 Å². The van der Waals surface area contributed by atoms with Crippen molar-refractivity contribution < 1.29 is 14.6 Å². The molecule has 1 fully saturated rings. The molecule has 0 spiro atoms. The number of methoxy groups -OCH3 is 2. The van der Waals surface area contributed by atoms with Gasteiger partial charge in [-0.25, -0.2) is 0 Å². The molecule has 24 heavy (non-hydrogen) atoms. The molecule has 2 aromatic carbocycles. The van der Waals surface area contributed by atoms with E-state index in [0.29, 0.717) is 17.5 Å². The topological polar surface area (TPSA) is 50.7 Å². The molecule has 1 aliphatic heterocycles. The summed E-state index contributed by atoms with van der Waals surface area (Å²) in [6, 6.07) is 16.3. The highest BCUT2D eigenvalue weighted by atomic mass is 35.5. The summed E-state index contributed by atoms with van der Waals surface area (Å²) in [6.07, 6.45) is 1.40. The minimum atomic E-state index is -0.566. The molecule has 0 aromatic heterocycles. The first kappa shape index (κ1) is 18.6. The van der Waals surface area contributed by atoms with Gasteiger partial charge in [0.25, 0.3) is 0 Å². The average molecular weight is 350 g/mol. The summed E-state index contributed by atoms with van der Waals surface area (Å²) in [5, 5.41) is 14.3. The Balaban J connectivity index is 0.00000208. The lowest BCUT2D eigenvalue weighted by molar-refractivity contribution is 0.135. The lowest BCUT2D eigenvalue weighted by atomic mass is 10.0. The third-order valence-electron chi connectivity index (χ3n) is 4.51. The summed E-state index contributed by atoms with van der Waals surface area (Å²) >= 11 is 0. The zero-order valence-corrected chi connectivity index (χ0v) is 14.8. The van der Waals surface area contributed by atoms with Crippen molar-refractivity contribution in [1.82, 2.24) is 5.32 Å². The second-order valence-electron chi connectivity index (χ2n) is 5.87. The van der Waals surface area contributed by atoms with Gasteiger partial charge in [-0.15, -0.1) is 12.4 Å². The monoisotopic (exact) mass is 349 g/mol. The standard InChI is InChI=1S/C19H23NO3.ClH/c1-22-17-11-8-14(12-18(17)23-2)19(21)16-10-9-15(20-16)13-6-4-3-5-7-13;/h3-8,11-12,15-16,19-21H,9-10H2,1-2H3;1H. The first-order valence-corrected chi connectivity index (χ1v) is 7.94. The number of hydrogen-bond donors (Lipinski definition) is 2. The van der Waals surface area contributed by atoms with Crippen LogP contribution in [0.2, 0.25) is 0 Å². The molecule has 2 aromatic rings. The van der Waals surface area contributed by atoms with Crippen molar-refractivity contribution in [2.45, 2.75) is 31.0 Å². The Labute approximate surface area is 149 Å². The van der Waals surface area contributed by atoms with Gasteiger partial charge in [0.05, 0.1) is 20.3 Å². The lowest BCUT2D eigenvalue weighted by Gasteiger charge is -2.21. The van der Waals surface area contributed by atoms with E-state index < -0.39 is 6.10 Å². The highest BCUT2D eigenvalue weighted by molar-refractivity contribution is 5.85. The number of aliphatic hydroxyl groups excluding tert-OH is 1. The molecule has 1 aliphatic rings. The first-order chi connectivity index (χ1) is 11.2. The van der Waals surface area contributed by atoms with Gasteiger partial charge in [0, 0.05) is 12.1 Å². The van der Waals surface area contributed by atoms with E-state index >= 15 is 0 Å². The molecule has 0 amide bonds. The van der Waals surface area contributed by atoms with Crippen LogP contribution in [0, 0.1) is 0 Å². The molecule has 0 radical (unpaired) electrons. The Morgan fingerprint density at radius 3 is 2.38 bits per heavy atom. The van der Waals surface area contributed by atoms with Gasteiger partial charge < -0.3 is 19.9 Å². The number of halogens is 1. The first-order valence-electron chi connectivity index (χ1n) is 7.94. The number of hydrogen-bond acceptors (Lipinski definition) is 4. The molecule has 2 N–H and O–H groups in total. The molecule has 0 saturated carbocycles. The van der Waals surface area contributed by atoms with Gasteiger partial charge in [-0.05, 0) is 36.1 Å². The molecular weight excluding hydrogens is 326 g/mol. The molecule has 130 valence electrons. The van der Waals surface area contributed by atoms with E-state index in [1.165, 1.54) is 5.56 Å². The van der Waals surface area contributed by atoms with Crippen molar-refractivity contribution in [3.63, 3.8) is 0 Å². The van der Waals surface area contributed by atoms with E-state index in [4.69, 9.17) is 9.47 Å². The highest BCUT2D eigenvalue weighted by Gasteiger charge is 2.31. The molecule has 3 rings (SSSR count). The van der Waals surface area contributed by atoms with Crippen LogP contribution in [-0.2, 0) is 0 Å². The molecule has 0 aliphatic carbocycles. The Morgan fingerprint density at radius 2 is 1.71 bits per heavy atom. The van der Waals surface area contributed by atoms with Gasteiger partial charge in [-0.2, -0.15) is 0 Å². The second kappa shape index (κ2) is 8.38. The van der Waals surface area contributed by atoms with Crippen LogP contribution >= 0.6 is 12.4 Å². The predicted molar refractivity (Wildman–Crippen MR) is 97.1 cm³/mol. The fraction of sp³-hybridized carbons (Fsp3) is 0.368. The molecule has 0 bridgehead atoms. The maximum Gasteiger partial charge on any atom is 0.161 e. The Hall–Kier alpha value is -1.75. The Bertz CT molecular complexity index is 650. The van der Waals surface area contributed by atoms with Crippen LogP contribution in [0.3, 0.4) is 0 Å². The zero-order chi connectivity index (χ0) is 16.2. The van der Waals surface area contributed by atoms with Crippen LogP contribution in [0.4, 0.5) is 0 Å². The Kier molecular flexibility index (Phi) is 6.49. The van der Waals surface area contributed by atoms with Gasteiger partial charge in [-0.3, -0.25) is 0 Å². The van der Waals surface area contributed by atoms with Crippen LogP contribution in [0.15, 0.2) is 48.5 Å². The summed E-state index contributed by atoms with van der Waals surface area (Å²) in [6.45, 7) is 0. The van der Waals surface area contributed by atoms with Crippen molar-refractivity contribution in [2.24, 2.45) is 0 Å². The van der Waals surface area contributed by atoms with Crippen LogP contribution < -0.4 is 14.8 Å². The maximum absolute atomic E-state index is 10.7. The SMILES string of the molecule is COc1ccc(C(O)C2CCC(c3ccccc3)N2)cc1OC.Cl. The van der Waals surface area contributed by atoms with Crippen LogP contribution in [0.25, 0.3) is 0 Å². The molecule has 4 nitrogen and oxygen atoms in total. The van der Waals surface area contributed by atoms with E-state index in [-0.39, 0.29) is 18.4 Å². The van der Waals surface area contributed by atoms with Gasteiger partial charge >= 0.3 is 0 Å². The van der Waals surface area contributed by atoms with Crippen molar-refractivity contribution in [1.29, 1.82) is 0 Å². The zero-order valence-electron chi connectivity index (χ0n) is 13.9. The quantitative estimate of drug-likeness (QED) is 0.865. The Morgan fingerprint density at radius 1 is 1.00 bits per heavy atom. The minimum Gasteiger partial charge on any atom is -0.493 e. The molecule has 3 atom stereocenters. The average Bonchev–Trinajstić information content (AvgIpc) is 3.11. The predicted octanol–water partition coefficient (Wildman–Crippen LogP) is 3.65. The van der Waals surface area contributed by atoms with E-state index in [9.17, 15) is 5.11 Å². The second-order valence-corrected chi connectivity index (χ2v) is 5.87. The van der Waals surface area contributed by atoms with Gasteiger partial charge in [0.15, 0.2) is 11.5 Å². The summed E-state index contributed by atoms with van der Waals surface area (Å²) in [4.78, 5) is 0. The number of benzene rings is 2. The van der Waals surface area contributed by atoms with Gasteiger partial charge in [-0.1, -0.05) is 36.4 Å². The largest absolute Gasteiger partial charge is 0.493 e. The fourth-order valence-electron chi connectivity index (χ4n) is 3.24. The summed E-state index contributed by atoms with van der Waals surface area (Å²) in [5.74, 6) is 1.31. The van der Waals surface area contributed by atoms with E-state index in [1.807, 2.05) is 24.3 Å². The van der Waals surface area contributed by atoms with Gasteiger partial charge in [0.1, 0.15) is 0 Å².